The molecule has 1 heterocycles. The summed E-state index contributed by atoms with van der Waals surface area (Å²) >= 11 is 2.24. The van der Waals surface area contributed by atoms with Crippen molar-refractivity contribution in [2.24, 2.45) is 0 Å². The first-order chi connectivity index (χ1) is 8.65. The monoisotopic (exact) mass is 353 g/mol. The van der Waals surface area contributed by atoms with Crippen LogP contribution in [0.4, 0.5) is 16.2 Å². The maximum atomic E-state index is 11.8. The van der Waals surface area contributed by atoms with Gasteiger partial charge in [-0.1, -0.05) is 0 Å². The number of amides is 2. The van der Waals surface area contributed by atoms with Crippen LogP contribution in [0, 0.1) is 10.5 Å². The minimum absolute atomic E-state index is 0.271. The molecule has 0 bridgehead atoms. The third-order valence-electron chi connectivity index (χ3n) is 2.36. The number of aromatic nitrogens is 1. The number of anilines is 2. The van der Waals surface area contributed by atoms with E-state index in [1.165, 1.54) is 0 Å². The second-order valence-corrected chi connectivity index (χ2v) is 5.03. The van der Waals surface area contributed by atoms with Gasteiger partial charge >= 0.3 is 6.03 Å². The smallest absolute Gasteiger partial charge is 0.307 e. The van der Waals surface area contributed by atoms with Gasteiger partial charge in [-0.15, -0.1) is 0 Å². The third-order valence-corrected chi connectivity index (χ3v) is 3.03. The number of aryl methyl sites for hydroxylation is 1. The predicted molar refractivity (Wildman–Crippen MR) is 80.8 cm³/mol. The molecule has 0 saturated carbocycles. The summed E-state index contributed by atoms with van der Waals surface area (Å²) < 4.78 is 1.14. The summed E-state index contributed by atoms with van der Waals surface area (Å²) in [5.41, 5.74) is 2.50. The average molecular weight is 353 g/mol. The summed E-state index contributed by atoms with van der Waals surface area (Å²) in [6, 6.07) is 9.14. The fraction of sp³-hybridized carbons (Fsp3) is 0.0769. The Morgan fingerprint density at radius 1 is 1.28 bits per heavy atom. The van der Waals surface area contributed by atoms with E-state index < -0.39 is 0 Å². The van der Waals surface area contributed by atoms with Crippen molar-refractivity contribution < 1.29 is 4.79 Å². The molecule has 0 saturated heterocycles. The zero-order valence-electron chi connectivity index (χ0n) is 9.77. The fourth-order valence-electron chi connectivity index (χ4n) is 1.49. The maximum absolute atomic E-state index is 11.8. The Hall–Kier alpha value is -1.63. The van der Waals surface area contributed by atoms with E-state index >= 15 is 0 Å². The molecular formula is C13H12IN3O. The Morgan fingerprint density at radius 2 is 2.11 bits per heavy atom. The van der Waals surface area contributed by atoms with Crippen molar-refractivity contribution in [2.45, 2.75) is 6.92 Å². The molecule has 18 heavy (non-hydrogen) atoms. The Bertz CT molecular complexity index is 557. The van der Waals surface area contributed by atoms with E-state index in [1.807, 2.05) is 25.1 Å². The first kappa shape index (κ1) is 12.8. The molecule has 0 aliphatic rings. The van der Waals surface area contributed by atoms with Crippen molar-refractivity contribution in [1.29, 1.82) is 0 Å². The number of rotatable bonds is 2. The van der Waals surface area contributed by atoms with Crippen LogP contribution in [0.3, 0.4) is 0 Å². The van der Waals surface area contributed by atoms with E-state index in [4.69, 9.17) is 0 Å². The number of carbonyl (C=O) groups is 1. The molecule has 0 atom stereocenters. The molecule has 0 radical (unpaired) electrons. The SMILES string of the molecule is Cc1cc(I)ccc1NC(=O)Nc1cccnc1. The lowest BCUT2D eigenvalue weighted by Crippen LogP contribution is -2.20. The molecule has 4 nitrogen and oxygen atoms in total. The molecule has 2 amide bonds. The molecule has 0 spiro atoms. The summed E-state index contributed by atoms with van der Waals surface area (Å²) in [6.07, 6.45) is 3.26. The first-order valence-electron chi connectivity index (χ1n) is 5.39. The van der Waals surface area contributed by atoms with Gasteiger partial charge in [0.2, 0.25) is 0 Å². The van der Waals surface area contributed by atoms with Crippen LogP contribution in [-0.2, 0) is 0 Å². The van der Waals surface area contributed by atoms with Crippen LogP contribution >= 0.6 is 22.6 Å². The molecule has 1 aromatic heterocycles. The number of benzene rings is 1. The van der Waals surface area contributed by atoms with Gasteiger partial charge in [-0.05, 0) is 65.4 Å². The lowest BCUT2D eigenvalue weighted by atomic mass is 10.2. The van der Waals surface area contributed by atoms with Crippen molar-refractivity contribution in [2.75, 3.05) is 10.6 Å². The van der Waals surface area contributed by atoms with E-state index in [1.54, 1.807) is 24.5 Å². The number of nitrogens with zero attached hydrogens (tertiary/aromatic N) is 1. The minimum Gasteiger partial charge on any atom is -0.307 e. The molecule has 5 heteroatoms. The van der Waals surface area contributed by atoms with Crippen LogP contribution in [0.25, 0.3) is 0 Å². The van der Waals surface area contributed by atoms with Crippen LogP contribution in [0.5, 0.6) is 0 Å². The van der Waals surface area contributed by atoms with E-state index in [-0.39, 0.29) is 6.03 Å². The Kier molecular flexibility index (Phi) is 4.14. The second kappa shape index (κ2) is 5.81. The van der Waals surface area contributed by atoms with Crippen LogP contribution in [0.2, 0.25) is 0 Å². The van der Waals surface area contributed by atoms with Crippen LogP contribution < -0.4 is 10.6 Å². The average Bonchev–Trinajstić information content (AvgIpc) is 2.34. The van der Waals surface area contributed by atoms with Gasteiger partial charge in [0.05, 0.1) is 11.9 Å². The van der Waals surface area contributed by atoms with E-state index in [0.717, 1.165) is 14.8 Å². The molecule has 2 aromatic rings. The van der Waals surface area contributed by atoms with Crippen molar-refractivity contribution in [3.63, 3.8) is 0 Å². The molecule has 92 valence electrons. The summed E-state index contributed by atoms with van der Waals surface area (Å²) in [5.74, 6) is 0. The van der Waals surface area contributed by atoms with E-state index in [2.05, 4.69) is 38.2 Å². The largest absolute Gasteiger partial charge is 0.323 e. The van der Waals surface area contributed by atoms with E-state index in [0.29, 0.717) is 5.69 Å². The predicted octanol–water partition coefficient (Wildman–Crippen LogP) is 3.64. The highest BCUT2D eigenvalue weighted by Gasteiger charge is 2.04. The molecule has 0 aliphatic heterocycles. The van der Waals surface area contributed by atoms with Gasteiger partial charge < -0.3 is 10.6 Å². The van der Waals surface area contributed by atoms with Crippen LogP contribution in [0.1, 0.15) is 5.56 Å². The maximum Gasteiger partial charge on any atom is 0.323 e. The lowest BCUT2D eigenvalue weighted by molar-refractivity contribution is 0.262. The number of nitrogens with one attached hydrogen (secondary N) is 2. The third kappa shape index (κ3) is 3.43. The highest BCUT2D eigenvalue weighted by Crippen LogP contribution is 2.18. The molecule has 1 aromatic carbocycles. The normalized spacial score (nSPS) is 9.89. The minimum atomic E-state index is -0.271. The lowest BCUT2D eigenvalue weighted by Gasteiger charge is -2.09. The number of halogens is 1. The zero-order valence-corrected chi connectivity index (χ0v) is 11.9. The van der Waals surface area contributed by atoms with Crippen molar-refractivity contribution in [3.8, 4) is 0 Å². The first-order valence-corrected chi connectivity index (χ1v) is 6.47. The summed E-state index contributed by atoms with van der Waals surface area (Å²) in [5, 5.41) is 5.52. The summed E-state index contributed by atoms with van der Waals surface area (Å²) in [7, 11) is 0. The van der Waals surface area contributed by atoms with Crippen LogP contribution in [0.15, 0.2) is 42.7 Å². The van der Waals surface area contributed by atoms with Gasteiger partial charge in [-0.2, -0.15) is 0 Å². The number of hydrogen-bond donors (Lipinski definition) is 2. The Labute approximate surface area is 119 Å². The summed E-state index contributed by atoms with van der Waals surface area (Å²) in [6.45, 7) is 1.96. The Balaban J connectivity index is 2.03. The topological polar surface area (TPSA) is 54.0 Å². The van der Waals surface area contributed by atoms with Gasteiger partial charge in [0, 0.05) is 15.5 Å². The summed E-state index contributed by atoms with van der Waals surface area (Å²) in [4.78, 5) is 15.7. The number of pyridine rings is 1. The highest BCUT2D eigenvalue weighted by molar-refractivity contribution is 14.1. The Morgan fingerprint density at radius 3 is 2.78 bits per heavy atom. The van der Waals surface area contributed by atoms with Gasteiger partial charge in [0.25, 0.3) is 0 Å². The van der Waals surface area contributed by atoms with Crippen molar-refractivity contribution >= 4 is 40.0 Å². The number of hydrogen-bond acceptors (Lipinski definition) is 2. The molecule has 0 aliphatic carbocycles. The highest BCUT2D eigenvalue weighted by atomic mass is 127. The van der Waals surface area contributed by atoms with E-state index in [9.17, 15) is 4.79 Å². The second-order valence-electron chi connectivity index (χ2n) is 3.78. The molecular weight excluding hydrogens is 341 g/mol. The molecule has 0 unspecified atom stereocenters. The molecule has 2 rings (SSSR count). The van der Waals surface area contributed by atoms with Gasteiger partial charge in [-0.3, -0.25) is 4.98 Å². The van der Waals surface area contributed by atoms with Crippen molar-refractivity contribution in [1.82, 2.24) is 4.98 Å². The number of carbonyl (C=O) groups excluding carboxylic acids is 1. The molecule has 0 fully saturated rings. The van der Waals surface area contributed by atoms with Gasteiger partial charge in [0.1, 0.15) is 0 Å². The fourth-order valence-corrected chi connectivity index (χ4v) is 2.14. The van der Waals surface area contributed by atoms with Crippen molar-refractivity contribution in [3.05, 3.63) is 51.9 Å². The van der Waals surface area contributed by atoms with Gasteiger partial charge in [-0.25, -0.2) is 4.79 Å². The number of urea groups is 1. The quantitative estimate of drug-likeness (QED) is 0.810. The molecule has 2 N–H and O–H groups in total. The zero-order chi connectivity index (χ0) is 13.0. The van der Waals surface area contributed by atoms with Gasteiger partial charge in [0.15, 0.2) is 0 Å². The van der Waals surface area contributed by atoms with Crippen LogP contribution in [-0.4, -0.2) is 11.0 Å². The standard InChI is InChI=1S/C13H12IN3O/c1-9-7-10(14)4-5-12(9)17-13(18)16-11-3-2-6-15-8-11/h2-8H,1H3,(H2,16,17,18).